The monoisotopic (exact) mass is 348 g/mol. The van der Waals surface area contributed by atoms with Crippen molar-refractivity contribution < 1.29 is 4.74 Å². The molecule has 1 aliphatic carbocycles. The number of ether oxygens (including phenoxy) is 1. The lowest BCUT2D eigenvalue weighted by Gasteiger charge is -2.25. The molecule has 2 rings (SSSR count). The van der Waals surface area contributed by atoms with E-state index in [1.807, 2.05) is 36.4 Å². The molecule has 1 nitrogen and oxygen atoms in total. The van der Waals surface area contributed by atoms with Gasteiger partial charge in [0.15, 0.2) is 0 Å². The van der Waals surface area contributed by atoms with E-state index < -0.39 is 0 Å². The standard InChI is InChI=1S/C25H32O/c1-3-5-21-26-25-19-17-24(18-20-25)12-9-7-6-8-11-23-15-13-22(10-4-2)14-16-23/h6-7,17-20,22-23H,3-5,10,13-16,21H2,1-2H3. The van der Waals surface area contributed by atoms with Crippen LogP contribution in [0, 0.1) is 35.5 Å². The van der Waals surface area contributed by atoms with Crippen molar-refractivity contribution in [3.8, 4) is 29.4 Å². The van der Waals surface area contributed by atoms with Gasteiger partial charge in [0.2, 0.25) is 0 Å². The summed E-state index contributed by atoms with van der Waals surface area (Å²) in [7, 11) is 0. The highest BCUT2D eigenvalue weighted by molar-refractivity contribution is 5.40. The molecule has 1 aromatic carbocycles. The number of hydrogen-bond donors (Lipinski definition) is 0. The first-order valence-corrected chi connectivity index (χ1v) is 10.2. The number of allylic oxidation sites excluding steroid dienone is 2. The Hall–Kier alpha value is -2.12. The topological polar surface area (TPSA) is 9.23 Å². The van der Waals surface area contributed by atoms with E-state index in [1.165, 1.54) is 38.5 Å². The van der Waals surface area contributed by atoms with Crippen LogP contribution in [0.15, 0.2) is 36.4 Å². The maximum Gasteiger partial charge on any atom is 0.119 e. The van der Waals surface area contributed by atoms with E-state index in [-0.39, 0.29) is 0 Å². The highest BCUT2D eigenvalue weighted by atomic mass is 16.5. The van der Waals surface area contributed by atoms with Gasteiger partial charge >= 0.3 is 0 Å². The number of benzene rings is 1. The van der Waals surface area contributed by atoms with Crippen LogP contribution in [-0.2, 0) is 0 Å². The SMILES string of the molecule is CCCCOc1ccc(C#CC=CC#CC2CCC(CCC)CC2)cc1. The van der Waals surface area contributed by atoms with Crippen LogP contribution < -0.4 is 4.74 Å². The van der Waals surface area contributed by atoms with Crippen molar-refractivity contribution in [2.24, 2.45) is 11.8 Å². The van der Waals surface area contributed by atoms with Crippen molar-refractivity contribution in [2.45, 2.75) is 65.2 Å². The molecule has 26 heavy (non-hydrogen) atoms. The van der Waals surface area contributed by atoms with E-state index in [0.29, 0.717) is 5.92 Å². The zero-order valence-corrected chi connectivity index (χ0v) is 16.4. The molecule has 1 saturated carbocycles. The van der Waals surface area contributed by atoms with E-state index >= 15 is 0 Å². The minimum atomic E-state index is 0.584. The van der Waals surface area contributed by atoms with Crippen molar-refractivity contribution in [1.82, 2.24) is 0 Å². The summed E-state index contributed by atoms with van der Waals surface area (Å²) in [4.78, 5) is 0. The van der Waals surface area contributed by atoms with Gasteiger partial charge in [0, 0.05) is 11.5 Å². The van der Waals surface area contributed by atoms with Gasteiger partial charge in [-0.2, -0.15) is 0 Å². The number of unbranched alkanes of at least 4 members (excludes halogenated alkanes) is 1. The van der Waals surface area contributed by atoms with Crippen LogP contribution in [-0.4, -0.2) is 6.61 Å². The molecule has 0 heterocycles. The van der Waals surface area contributed by atoms with Gasteiger partial charge in [0.25, 0.3) is 0 Å². The lowest BCUT2D eigenvalue weighted by atomic mass is 9.80. The normalized spacial score (nSPS) is 19.3. The third-order valence-electron chi connectivity index (χ3n) is 4.92. The van der Waals surface area contributed by atoms with Crippen molar-refractivity contribution in [3.05, 3.63) is 42.0 Å². The average Bonchev–Trinajstić information content (AvgIpc) is 2.67. The second kappa shape index (κ2) is 12.3. The summed E-state index contributed by atoms with van der Waals surface area (Å²) in [6.07, 6.45) is 13.9. The van der Waals surface area contributed by atoms with Gasteiger partial charge in [-0.15, -0.1) is 0 Å². The molecule has 0 N–H and O–H groups in total. The molecule has 0 aliphatic heterocycles. The van der Waals surface area contributed by atoms with Crippen LogP contribution in [0.25, 0.3) is 0 Å². The largest absolute Gasteiger partial charge is 0.494 e. The van der Waals surface area contributed by atoms with Crippen LogP contribution in [0.4, 0.5) is 0 Å². The van der Waals surface area contributed by atoms with Crippen LogP contribution in [0.5, 0.6) is 5.75 Å². The van der Waals surface area contributed by atoms with Crippen molar-refractivity contribution in [1.29, 1.82) is 0 Å². The summed E-state index contributed by atoms with van der Waals surface area (Å²) in [5, 5.41) is 0. The minimum absolute atomic E-state index is 0.584. The lowest BCUT2D eigenvalue weighted by Crippen LogP contribution is -2.12. The van der Waals surface area contributed by atoms with Crippen molar-refractivity contribution in [2.75, 3.05) is 6.61 Å². The zero-order valence-electron chi connectivity index (χ0n) is 16.4. The summed E-state index contributed by atoms with van der Waals surface area (Å²) in [5.41, 5.74) is 1.000. The molecule has 0 amide bonds. The molecular weight excluding hydrogens is 316 g/mol. The third-order valence-corrected chi connectivity index (χ3v) is 4.92. The fraction of sp³-hybridized carbons (Fsp3) is 0.520. The van der Waals surface area contributed by atoms with Crippen LogP contribution in [0.1, 0.15) is 70.8 Å². The van der Waals surface area contributed by atoms with Crippen molar-refractivity contribution >= 4 is 0 Å². The highest BCUT2D eigenvalue weighted by Crippen LogP contribution is 2.30. The summed E-state index contributed by atoms with van der Waals surface area (Å²) in [5.74, 6) is 15.2. The first-order valence-electron chi connectivity index (χ1n) is 10.2. The summed E-state index contributed by atoms with van der Waals surface area (Å²) >= 11 is 0. The fourth-order valence-electron chi connectivity index (χ4n) is 3.35. The minimum Gasteiger partial charge on any atom is -0.494 e. The Morgan fingerprint density at radius 3 is 2.38 bits per heavy atom. The quantitative estimate of drug-likeness (QED) is 0.428. The van der Waals surface area contributed by atoms with E-state index in [9.17, 15) is 0 Å². The Balaban J connectivity index is 1.73. The van der Waals surface area contributed by atoms with Gasteiger partial charge in [0.05, 0.1) is 6.61 Å². The van der Waals surface area contributed by atoms with Crippen LogP contribution in [0.3, 0.4) is 0 Å². The Bertz CT molecular complexity index is 652. The summed E-state index contributed by atoms with van der Waals surface area (Å²) < 4.78 is 5.66. The van der Waals surface area contributed by atoms with Gasteiger partial charge in [-0.05, 0) is 74.4 Å². The van der Waals surface area contributed by atoms with E-state index in [0.717, 1.165) is 36.7 Å². The first-order chi connectivity index (χ1) is 12.8. The second-order valence-corrected chi connectivity index (χ2v) is 7.12. The molecule has 1 aromatic rings. The van der Waals surface area contributed by atoms with E-state index in [4.69, 9.17) is 4.74 Å². The molecule has 0 radical (unpaired) electrons. The van der Waals surface area contributed by atoms with E-state index in [1.54, 1.807) is 0 Å². The maximum atomic E-state index is 5.66. The summed E-state index contributed by atoms with van der Waals surface area (Å²) in [6.45, 7) is 5.23. The predicted molar refractivity (Wildman–Crippen MR) is 111 cm³/mol. The Kier molecular flexibility index (Phi) is 9.53. The predicted octanol–water partition coefficient (Wildman–Crippen LogP) is 6.38. The maximum absolute atomic E-state index is 5.66. The Labute approximate surface area is 160 Å². The van der Waals surface area contributed by atoms with Crippen LogP contribution >= 0.6 is 0 Å². The molecule has 0 saturated heterocycles. The van der Waals surface area contributed by atoms with Crippen LogP contribution in [0.2, 0.25) is 0 Å². The Morgan fingerprint density at radius 2 is 1.69 bits per heavy atom. The molecule has 1 aliphatic rings. The number of hydrogen-bond acceptors (Lipinski definition) is 1. The van der Waals surface area contributed by atoms with Crippen molar-refractivity contribution in [3.63, 3.8) is 0 Å². The Morgan fingerprint density at radius 1 is 0.962 bits per heavy atom. The molecule has 0 bridgehead atoms. The van der Waals surface area contributed by atoms with E-state index in [2.05, 4.69) is 37.5 Å². The molecule has 0 unspecified atom stereocenters. The smallest absolute Gasteiger partial charge is 0.119 e. The lowest BCUT2D eigenvalue weighted by molar-refractivity contribution is 0.300. The molecule has 1 heteroatoms. The molecule has 0 atom stereocenters. The molecule has 138 valence electrons. The number of rotatable bonds is 6. The molecular formula is C25H32O. The average molecular weight is 349 g/mol. The fourth-order valence-corrected chi connectivity index (χ4v) is 3.35. The van der Waals surface area contributed by atoms with Gasteiger partial charge in [-0.1, -0.05) is 56.8 Å². The second-order valence-electron chi connectivity index (χ2n) is 7.12. The molecule has 0 spiro atoms. The van der Waals surface area contributed by atoms with Gasteiger partial charge in [0.1, 0.15) is 5.75 Å². The van der Waals surface area contributed by atoms with Gasteiger partial charge in [-0.3, -0.25) is 0 Å². The highest BCUT2D eigenvalue weighted by Gasteiger charge is 2.18. The third kappa shape index (κ3) is 7.84. The van der Waals surface area contributed by atoms with Gasteiger partial charge < -0.3 is 4.74 Å². The first kappa shape index (κ1) is 20.2. The molecule has 0 aromatic heterocycles. The summed E-state index contributed by atoms with van der Waals surface area (Å²) in [6, 6.07) is 7.97. The zero-order chi connectivity index (χ0) is 18.5. The molecule has 1 fully saturated rings. The van der Waals surface area contributed by atoms with Gasteiger partial charge in [-0.25, -0.2) is 0 Å².